The molecule has 0 bridgehead atoms. The Labute approximate surface area is 188 Å². The number of carbonyl (C=O) groups is 2. The predicted octanol–water partition coefficient (Wildman–Crippen LogP) is 5.32. The second-order valence-electron chi connectivity index (χ2n) is 7.31. The van der Waals surface area contributed by atoms with E-state index in [2.05, 4.69) is 12.2 Å². The van der Waals surface area contributed by atoms with Crippen molar-refractivity contribution in [3.8, 4) is 11.5 Å². The average Bonchev–Trinajstić information content (AvgIpc) is 2.80. The molecule has 0 aliphatic carbocycles. The summed E-state index contributed by atoms with van der Waals surface area (Å²) in [6.45, 7) is 6.41. The van der Waals surface area contributed by atoms with Crippen molar-refractivity contribution in [2.75, 3.05) is 19.0 Å². The Bertz CT molecular complexity index is 1110. The van der Waals surface area contributed by atoms with Gasteiger partial charge in [0.05, 0.1) is 19.3 Å². The topological polar surface area (TPSA) is 73.9 Å². The van der Waals surface area contributed by atoms with E-state index in [1.807, 2.05) is 25.1 Å². The van der Waals surface area contributed by atoms with Crippen LogP contribution in [-0.2, 0) is 11.3 Å². The van der Waals surface area contributed by atoms with Crippen molar-refractivity contribution in [2.24, 2.45) is 0 Å². The number of nitrogens with one attached hydrogen (secondary N) is 1. The molecule has 0 atom stereocenters. The van der Waals surface area contributed by atoms with E-state index in [-0.39, 0.29) is 12.5 Å². The maximum atomic E-state index is 12.8. The van der Waals surface area contributed by atoms with Crippen molar-refractivity contribution in [3.05, 3.63) is 88.5 Å². The second-order valence-corrected chi connectivity index (χ2v) is 7.31. The molecule has 0 unspecified atom stereocenters. The third-order valence-corrected chi connectivity index (χ3v) is 5.07. The van der Waals surface area contributed by atoms with Crippen LogP contribution in [0.2, 0.25) is 0 Å². The summed E-state index contributed by atoms with van der Waals surface area (Å²) < 4.78 is 16.3. The van der Waals surface area contributed by atoms with E-state index in [0.29, 0.717) is 29.2 Å². The number of amides is 1. The highest BCUT2D eigenvalue weighted by Gasteiger charge is 2.13. The van der Waals surface area contributed by atoms with Gasteiger partial charge in [-0.15, -0.1) is 0 Å². The lowest BCUT2D eigenvalue weighted by molar-refractivity contribution is 0.0526. The summed E-state index contributed by atoms with van der Waals surface area (Å²) in [7, 11) is 1.58. The highest BCUT2D eigenvalue weighted by molar-refractivity contribution is 6.04. The number of rotatable bonds is 8. The zero-order valence-corrected chi connectivity index (χ0v) is 18.7. The molecular weight excluding hydrogens is 406 g/mol. The van der Waals surface area contributed by atoms with Gasteiger partial charge in [-0.2, -0.15) is 0 Å². The molecule has 0 spiro atoms. The molecule has 1 amide bonds. The highest BCUT2D eigenvalue weighted by atomic mass is 16.5. The Morgan fingerprint density at radius 3 is 2.25 bits per heavy atom. The molecule has 32 heavy (non-hydrogen) atoms. The number of anilines is 1. The minimum Gasteiger partial charge on any atom is -0.496 e. The molecular formula is C26H27NO5. The van der Waals surface area contributed by atoms with Gasteiger partial charge in [0.25, 0.3) is 5.91 Å². The summed E-state index contributed by atoms with van der Waals surface area (Å²) >= 11 is 0. The predicted molar refractivity (Wildman–Crippen MR) is 124 cm³/mol. The lowest BCUT2D eigenvalue weighted by atomic mass is 10.1. The molecule has 0 saturated carbocycles. The van der Waals surface area contributed by atoms with Gasteiger partial charge in [0.15, 0.2) is 0 Å². The van der Waals surface area contributed by atoms with Gasteiger partial charge in [-0.25, -0.2) is 4.79 Å². The van der Waals surface area contributed by atoms with Crippen LogP contribution in [0.3, 0.4) is 0 Å². The first-order chi connectivity index (χ1) is 15.4. The molecule has 0 aromatic heterocycles. The van der Waals surface area contributed by atoms with E-state index >= 15 is 0 Å². The van der Waals surface area contributed by atoms with Gasteiger partial charge >= 0.3 is 5.97 Å². The molecule has 6 nitrogen and oxygen atoms in total. The van der Waals surface area contributed by atoms with E-state index in [9.17, 15) is 9.59 Å². The molecule has 3 aromatic rings. The summed E-state index contributed by atoms with van der Waals surface area (Å²) in [6, 6.07) is 17.7. The van der Waals surface area contributed by atoms with Gasteiger partial charge in [-0.05, 0) is 86.5 Å². The molecule has 0 heterocycles. The third kappa shape index (κ3) is 5.66. The van der Waals surface area contributed by atoms with Crippen LogP contribution in [0, 0.1) is 13.8 Å². The largest absolute Gasteiger partial charge is 0.496 e. The third-order valence-electron chi connectivity index (χ3n) is 5.07. The average molecular weight is 434 g/mol. The quantitative estimate of drug-likeness (QED) is 0.487. The lowest BCUT2D eigenvalue weighted by Gasteiger charge is -2.13. The zero-order chi connectivity index (χ0) is 23.1. The van der Waals surface area contributed by atoms with Gasteiger partial charge in [-0.1, -0.05) is 6.07 Å². The van der Waals surface area contributed by atoms with Crippen molar-refractivity contribution in [2.45, 2.75) is 27.4 Å². The van der Waals surface area contributed by atoms with Crippen LogP contribution in [0.1, 0.15) is 44.3 Å². The van der Waals surface area contributed by atoms with Crippen LogP contribution in [0.4, 0.5) is 5.69 Å². The van der Waals surface area contributed by atoms with Crippen LogP contribution in [-0.4, -0.2) is 25.6 Å². The second kappa shape index (κ2) is 10.5. The number of esters is 1. The van der Waals surface area contributed by atoms with Gasteiger partial charge < -0.3 is 19.5 Å². The number of carbonyl (C=O) groups excluding carboxylic acids is 2. The summed E-state index contributed by atoms with van der Waals surface area (Å²) in [6.07, 6.45) is 0. The first-order valence-corrected chi connectivity index (χ1v) is 10.4. The van der Waals surface area contributed by atoms with E-state index in [0.717, 1.165) is 16.9 Å². The van der Waals surface area contributed by atoms with E-state index in [1.165, 1.54) is 5.56 Å². The standard InChI is InChI=1S/C26H27NO5/c1-5-31-26(29)19-7-10-22(11-8-19)27-25(28)20-9-13-24(30-4)21(15-20)16-32-23-12-6-17(2)18(3)14-23/h6-15H,5,16H2,1-4H3,(H,27,28). The summed E-state index contributed by atoms with van der Waals surface area (Å²) in [5.41, 5.74) is 4.59. The number of hydrogen-bond acceptors (Lipinski definition) is 5. The van der Waals surface area contributed by atoms with Crippen LogP contribution < -0.4 is 14.8 Å². The maximum absolute atomic E-state index is 12.8. The van der Waals surface area contributed by atoms with Gasteiger partial charge in [-0.3, -0.25) is 4.79 Å². The van der Waals surface area contributed by atoms with E-state index in [1.54, 1.807) is 56.5 Å². The number of aryl methyl sites for hydroxylation is 2. The Balaban J connectivity index is 1.71. The van der Waals surface area contributed by atoms with Crippen molar-refractivity contribution < 1.29 is 23.8 Å². The molecule has 166 valence electrons. The Kier molecular flexibility index (Phi) is 7.49. The Morgan fingerprint density at radius 2 is 1.59 bits per heavy atom. The molecule has 0 aliphatic rings. The molecule has 0 saturated heterocycles. The fourth-order valence-corrected chi connectivity index (χ4v) is 3.10. The van der Waals surface area contributed by atoms with Crippen LogP contribution >= 0.6 is 0 Å². The molecule has 1 N–H and O–H groups in total. The molecule has 6 heteroatoms. The van der Waals surface area contributed by atoms with Crippen molar-refractivity contribution in [3.63, 3.8) is 0 Å². The summed E-state index contributed by atoms with van der Waals surface area (Å²) in [5, 5.41) is 2.84. The fourth-order valence-electron chi connectivity index (χ4n) is 3.10. The maximum Gasteiger partial charge on any atom is 0.338 e. The van der Waals surface area contributed by atoms with Crippen molar-refractivity contribution in [1.82, 2.24) is 0 Å². The molecule has 0 aliphatic heterocycles. The van der Waals surface area contributed by atoms with Gasteiger partial charge in [0.1, 0.15) is 18.1 Å². The summed E-state index contributed by atoms with van der Waals surface area (Å²) in [4.78, 5) is 24.5. The molecule has 0 fully saturated rings. The Hall–Kier alpha value is -3.80. The SMILES string of the molecule is CCOC(=O)c1ccc(NC(=O)c2ccc(OC)c(COc3ccc(C)c(C)c3)c2)cc1. The van der Waals surface area contributed by atoms with E-state index < -0.39 is 5.97 Å². The first-order valence-electron chi connectivity index (χ1n) is 10.4. The molecule has 0 radical (unpaired) electrons. The normalized spacial score (nSPS) is 10.4. The first kappa shape index (κ1) is 22.9. The Morgan fingerprint density at radius 1 is 0.875 bits per heavy atom. The highest BCUT2D eigenvalue weighted by Crippen LogP contribution is 2.24. The molecule has 3 aromatic carbocycles. The number of ether oxygens (including phenoxy) is 3. The van der Waals surface area contributed by atoms with Crippen LogP contribution in [0.15, 0.2) is 60.7 Å². The van der Waals surface area contributed by atoms with Crippen LogP contribution in [0.25, 0.3) is 0 Å². The monoisotopic (exact) mass is 433 g/mol. The van der Waals surface area contributed by atoms with Crippen LogP contribution in [0.5, 0.6) is 11.5 Å². The minimum atomic E-state index is -0.394. The fraction of sp³-hybridized carbons (Fsp3) is 0.231. The van der Waals surface area contributed by atoms with Gasteiger partial charge in [0.2, 0.25) is 0 Å². The van der Waals surface area contributed by atoms with Crippen molar-refractivity contribution >= 4 is 17.6 Å². The minimum absolute atomic E-state index is 0.265. The van der Waals surface area contributed by atoms with E-state index in [4.69, 9.17) is 14.2 Å². The summed E-state index contributed by atoms with van der Waals surface area (Å²) in [5.74, 6) is 0.730. The molecule has 3 rings (SSSR count). The smallest absolute Gasteiger partial charge is 0.338 e. The lowest BCUT2D eigenvalue weighted by Crippen LogP contribution is -2.13. The van der Waals surface area contributed by atoms with Crippen molar-refractivity contribution in [1.29, 1.82) is 0 Å². The number of benzene rings is 3. The van der Waals surface area contributed by atoms with Gasteiger partial charge in [0, 0.05) is 16.8 Å². The zero-order valence-electron chi connectivity index (χ0n) is 18.7. The number of methoxy groups -OCH3 is 1. The number of hydrogen-bond donors (Lipinski definition) is 1.